The van der Waals surface area contributed by atoms with Crippen LogP contribution in [0.15, 0.2) is 30.3 Å². The summed E-state index contributed by atoms with van der Waals surface area (Å²) in [6.07, 6.45) is 0. The minimum Gasteiger partial charge on any atom is -0.456 e. The van der Waals surface area contributed by atoms with Crippen molar-refractivity contribution in [3.63, 3.8) is 0 Å². The lowest BCUT2D eigenvalue weighted by Gasteiger charge is -2.07. The Bertz CT molecular complexity index is 821. The Labute approximate surface area is 146 Å². The van der Waals surface area contributed by atoms with Crippen LogP contribution in [0.5, 0.6) is 0 Å². The molecule has 0 fully saturated rings. The maximum Gasteiger partial charge on any atom is 0.325 e. The molecule has 1 amide bonds. The average molecular weight is 342 g/mol. The molecule has 0 radical (unpaired) electrons. The first-order chi connectivity index (χ1) is 11.8. The zero-order chi connectivity index (χ0) is 18.6. The van der Waals surface area contributed by atoms with E-state index >= 15 is 0 Å². The van der Waals surface area contributed by atoms with Crippen LogP contribution in [0.25, 0.3) is 0 Å². The minimum atomic E-state index is -0.653. The van der Waals surface area contributed by atoms with Gasteiger partial charge < -0.3 is 14.6 Å². The molecule has 0 bridgehead atoms. The third kappa shape index (κ3) is 4.56. The predicted octanol–water partition coefficient (Wildman–Crippen LogP) is 2.11. The molecule has 0 aliphatic rings. The number of hydrogen-bond acceptors (Lipinski definition) is 4. The molecule has 0 spiro atoms. The van der Waals surface area contributed by atoms with Crippen LogP contribution in [-0.2, 0) is 16.6 Å². The molecule has 0 aliphatic heterocycles. The highest BCUT2D eigenvalue weighted by molar-refractivity contribution is 6.00. The number of nitrogens with zero attached hydrogens (tertiary/aromatic N) is 1. The number of carbonyl (C=O) groups is 3. The second kappa shape index (κ2) is 7.79. The summed E-state index contributed by atoms with van der Waals surface area (Å²) >= 11 is 0. The number of aromatic nitrogens is 1. The van der Waals surface area contributed by atoms with Crippen molar-refractivity contribution in [2.75, 3.05) is 13.2 Å². The number of carbonyl (C=O) groups excluding carboxylic acids is 3. The van der Waals surface area contributed by atoms with E-state index in [1.165, 1.54) is 0 Å². The Morgan fingerprint density at radius 2 is 1.84 bits per heavy atom. The van der Waals surface area contributed by atoms with E-state index in [0.29, 0.717) is 11.1 Å². The predicted molar refractivity (Wildman–Crippen MR) is 93.7 cm³/mol. The lowest BCUT2D eigenvalue weighted by atomic mass is 10.1. The second-order valence-electron chi connectivity index (χ2n) is 5.98. The minimum absolute atomic E-state index is 0.264. The molecule has 2 rings (SSSR count). The highest BCUT2D eigenvalue weighted by Crippen LogP contribution is 2.14. The van der Waals surface area contributed by atoms with E-state index in [1.54, 1.807) is 24.3 Å². The van der Waals surface area contributed by atoms with E-state index in [4.69, 9.17) is 4.74 Å². The summed E-state index contributed by atoms with van der Waals surface area (Å²) in [5, 5.41) is 2.49. The summed E-state index contributed by atoms with van der Waals surface area (Å²) in [5.74, 6) is -1.28. The molecule has 132 valence electrons. The smallest absolute Gasteiger partial charge is 0.325 e. The molecule has 0 atom stereocenters. The van der Waals surface area contributed by atoms with Gasteiger partial charge in [0.15, 0.2) is 6.61 Å². The van der Waals surface area contributed by atoms with E-state index < -0.39 is 5.97 Å². The molecule has 1 aromatic carbocycles. The van der Waals surface area contributed by atoms with Gasteiger partial charge in [0.2, 0.25) is 5.78 Å². The summed E-state index contributed by atoms with van der Waals surface area (Å²) in [5.41, 5.74) is 3.74. The van der Waals surface area contributed by atoms with Crippen molar-refractivity contribution in [2.45, 2.75) is 20.8 Å². The van der Waals surface area contributed by atoms with Crippen molar-refractivity contribution in [3.05, 3.63) is 58.4 Å². The quantitative estimate of drug-likeness (QED) is 0.644. The fraction of sp³-hybridized carbons (Fsp3) is 0.316. The largest absolute Gasteiger partial charge is 0.456 e. The average Bonchev–Trinajstić information content (AvgIpc) is 2.85. The van der Waals surface area contributed by atoms with Crippen molar-refractivity contribution in [1.82, 2.24) is 9.88 Å². The fourth-order valence-corrected chi connectivity index (χ4v) is 2.45. The Kier molecular flexibility index (Phi) is 5.75. The van der Waals surface area contributed by atoms with Crippen LogP contribution in [0.3, 0.4) is 0 Å². The van der Waals surface area contributed by atoms with Gasteiger partial charge in [-0.15, -0.1) is 0 Å². The number of ether oxygens (including phenoxy) is 1. The fourth-order valence-electron chi connectivity index (χ4n) is 2.45. The van der Waals surface area contributed by atoms with Crippen LogP contribution < -0.4 is 5.32 Å². The highest BCUT2D eigenvalue weighted by Gasteiger charge is 2.16. The number of rotatable bonds is 6. The lowest BCUT2D eigenvalue weighted by molar-refractivity contribution is -0.141. The summed E-state index contributed by atoms with van der Waals surface area (Å²) in [6, 6.07) is 8.81. The van der Waals surface area contributed by atoms with Gasteiger partial charge in [-0.25, -0.2) is 0 Å². The van der Waals surface area contributed by atoms with Gasteiger partial charge in [-0.1, -0.05) is 17.7 Å². The van der Waals surface area contributed by atoms with Crippen LogP contribution in [0.2, 0.25) is 0 Å². The molecule has 0 unspecified atom stereocenters. The Morgan fingerprint density at radius 1 is 1.12 bits per heavy atom. The van der Waals surface area contributed by atoms with Gasteiger partial charge in [0.25, 0.3) is 5.91 Å². The molecule has 25 heavy (non-hydrogen) atoms. The molecule has 0 saturated carbocycles. The van der Waals surface area contributed by atoms with Gasteiger partial charge in [0, 0.05) is 29.6 Å². The van der Waals surface area contributed by atoms with E-state index in [1.807, 2.05) is 38.5 Å². The number of aryl methyl sites for hydroxylation is 2. The van der Waals surface area contributed by atoms with Gasteiger partial charge in [-0.05, 0) is 39.0 Å². The van der Waals surface area contributed by atoms with Crippen molar-refractivity contribution in [2.24, 2.45) is 7.05 Å². The summed E-state index contributed by atoms with van der Waals surface area (Å²) in [7, 11) is 1.87. The molecule has 6 heteroatoms. The summed E-state index contributed by atoms with van der Waals surface area (Å²) < 4.78 is 6.86. The third-order valence-electron chi connectivity index (χ3n) is 4.11. The monoisotopic (exact) mass is 342 g/mol. The van der Waals surface area contributed by atoms with Crippen LogP contribution in [0, 0.1) is 20.8 Å². The van der Waals surface area contributed by atoms with Gasteiger partial charge in [0.05, 0.1) is 0 Å². The maximum atomic E-state index is 12.2. The zero-order valence-corrected chi connectivity index (χ0v) is 14.9. The van der Waals surface area contributed by atoms with Crippen LogP contribution >= 0.6 is 0 Å². The first-order valence-electron chi connectivity index (χ1n) is 7.96. The number of amides is 1. The third-order valence-corrected chi connectivity index (χ3v) is 4.11. The maximum absolute atomic E-state index is 12.2. The highest BCUT2D eigenvalue weighted by atomic mass is 16.5. The second-order valence-corrected chi connectivity index (χ2v) is 5.98. The van der Waals surface area contributed by atoms with Crippen molar-refractivity contribution < 1.29 is 19.1 Å². The van der Waals surface area contributed by atoms with Crippen LogP contribution in [0.1, 0.15) is 37.7 Å². The number of nitrogens with one attached hydrogen (secondary N) is 1. The van der Waals surface area contributed by atoms with Crippen molar-refractivity contribution in [3.8, 4) is 0 Å². The molecule has 6 nitrogen and oxygen atoms in total. The molecule has 0 aliphatic carbocycles. The Hall–Kier alpha value is -2.89. The molecule has 2 aromatic rings. The van der Waals surface area contributed by atoms with E-state index in [9.17, 15) is 14.4 Å². The van der Waals surface area contributed by atoms with Crippen molar-refractivity contribution in [1.29, 1.82) is 0 Å². The molecule has 1 N–H and O–H groups in total. The van der Waals surface area contributed by atoms with E-state index in [2.05, 4.69) is 5.32 Å². The summed E-state index contributed by atoms with van der Waals surface area (Å²) in [6.45, 7) is 4.99. The number of esters is 1. The Morgan fingerprint density at radius 3 is 2.44 bits per heavy atom. The first kappa shape index (κ1) is 18.4. The summed E-state index contributed by atoms with van der Waals surface area (Å²) in [4.78, 5) is 35.9. The number of ketones is 1. The van der Waals surface area contributed by atoms with Crippen molar-refractivity contribution >= 4 is 17.7 Å². The van der Waals surface area contributed by atoms with E-state index in [-0.39, 0.29) is 24.8 Å². The molecule has 1 aromatic heterocycles. The normalized spacial score (nSPS) is 10.4. The topological polar surface area (TPSA) is 77.4 Å². The van der Waals surface area contributed by atoms with Gasteiger partial charge in [-0.3, -0.25) is 14.4 Å². The SMILES string of the molecule is Cc1cccc(C(=O)NCC(=O)OCC(=O)c2cc(C)n(C)c2C)c1. The number of benzene rings is 1. The van der Waals surface area contributed by atoms with Gasteiger partial charge >= 0.3 is 5.97 Å². The standard InChI is InChI=1S/C19H22N2O4/c1-12-6-5-7-15(8-12)19(24)20-10-18(23)25-11-17(22)16-9-13(2)21(4)14(16)3/h5-9H,10-11H2,1-4H3,(H,20,24). The molecule has 0 saturated heterocycles. The Balaban J connectivity index is 1.83. The van der Waals surface area contributed by atoms with Crippen LogP contribution in [0.4, 0.5) is 0 Å². The van der Waals surface area contributed by atoms with Gasteiger partial charge in [-0.2, -0.15) is 0 Å². The van der Waals surface area contributed by atoms with Crippen LogP contribution in [-0.4, -0.2) is 35.4 Å². The van der Waals surface area contributed by atoms with E-state index in [0.717, 1.165) is 17.0 Å². The molecule has 1 heterocycles. The molecular formula is C19H22N2O4. The lowest BCUT2D eigenvalue weighted by Crippen LogP contribution is -2.31. The van der Waals surface area contributed by atoms with Gasteiger partial charge in [0.1, 0.15) is 6.54 Å². The number of Topliss-reactive ketones (excluding diaryl/α,β-unsaturated/α-hetero) is 1. The zero-order valence-electron chi connectivity index (χ0n) is 14.9. The first-order valence-corrected chi connectivity index (χ1v) is 7.96. The number of hydrogen-bond donors (Lipinski definition) is 1. The molecular weight excluding hydrogens is 320 g/mol.